The molecule has 1 aromatic carbocycles. The van der Waals surface area contributed by atoms with E-state index in [0.29, 0.717) is 5.56 Å². The van der Waals surface area contributed by atoms with Gasteiger partial charge in [0.05, 0.1) is 11.2 Å². The molecule has 0 aliphatic carbocycles. The van der Waals surface area contributed by atoms with Gasteiger partial charge in [-0.15, -0.1) is 0 Å². The molecular formula is C13H12BrF3O3. The highest BCUT2D eigenvalue weighted by Gasteiger charge is 2.51. The first-order valence-electron chi connectivity index (χ1n) is 5.69. The number of rotatable bonds is 6. The van der Waals surface area contributed by atoms with Crippen molar-refractivity contribution < 1.29 is 27.9 Å². The van der Waals surface area contributed by atoms with Crippen molar-refractivity contribution in [3.8, 4) is 0 Å². The highest BCUT2D eigenvalue weighted by atomic mass is 79.9. The largest absolute Gasteiger partial charge is 0.481 e. The highest BCUT2D eigenvalue weighted by Crippen LogP contribution is 2.35. The monoisotopic (exact) mass is 352 g/mol. The molecule has 7 heteroatoms. The second kappa shape index (κ2) is 6.88. The normalized spacial score (nSPS) is 14.6. The van der Waals surface area contributed by atoms with Crippen LogP contribution in [-0.4, -0.2) is 28.4 Å². The molecule has 0 spiro atoms. The Bertz CT molecular complexity index is 473. The van der Waals surface area contributed by atoms with Crippen LogP contribution in [0.2, 0.25) is 0 Å². The quantitative estimate of drug-likeness (QED) is 0.800. The molecule has 110 valence electrons. The summed E-state index contributed by atoms with van der Waals surface area (Å²) in [5, 5.41) is 8.51. The van der Waals surface area contributed by atoms with Crippen LogP contribution in [0.15, 0.2) is 30.3 Å². The van der Waals surface area contributed by atoms with Crippen LogP contribution in [0.5, 0.6) is 0 Å². The maximum atomic E-state index is 13.0. The van der Waals surface area contributed by atoms with E-state index in [1.165, 1.54) is 12.1 Å². The Hall–Kier alpha value is -1.37. The van der Waals surface area contributed by atoms with Crippen LogP contribution in [0.4, 0.5) is 13.2 Å². The van der Waals surface area contributed by atoms with E-state index in [1.54, 1.807) is 18.2 Å². The first-order valence-corrected chi connectivity index (χ1v) is 6.81. The van der Waals surface area contributed by atoms with Crippen molar-refractivity contribution in [2.75, 3.05) is 5.33 Å². The minimum atomic E-state index is -4.89. The number of alkyl halides is 4. The molecule has 0 aromatic heterocycles. The Morgan fingerprint density at radius 1 is 1.20 bits per heavy atom. The van der Waals surface area contributed by atoms with Crippen molar-refractivity contribution in [1.82, 2.24) is 0 Å². The molecule has 2 unspecified atom stereocenters. The summed E-state index contributed by atoms with van der Waals surface area (Å²) in [6.45, 7) is 0. The number of carbonyl (C=O) groups excluding carboxylic acids is 1. The lowest BCUT2D eigenvalue weighted by molar-refractivity contribution is -0.197. The third kappa shape index (κ3) is 4.33. The number of carboxylic acids is 1. The van der Waals surface area contributed by atoms with Gasteiger partial charge in [-0.05, 0) is 12.0 Å². The Morgan fingerprint density at radius 2 is 1.75 bits per heavy atom. The number of carboxylic acid groups (broad SMARTS) is 1. The van der Waals surface area contributed by atoms with Gasteiger partial charge < -0.3 is 5.11 Å². The number of Topliss-reactive ketones (excluding diaryl/α,β-unsaturated/α-hetero) is 1. The Labute approximate surface area is 121 Å². The molecule has 1 aromatic rings. The van der Waals surface area contributed by atoms with Crippen LogP contribution in [0, 0.1) is 11.8 Å². The molecule has 3 nitrogen and oxygen atoms in total. The first kappa shape index (κ1) is 16.7. The number of benzene rings is 1. The molecule has 0 aliphatic rings. The van der Waals surface area contributed by atoms with Crippen LogP contribution < -0.4 is 0 Å². The fraction of sp³-hybridized carbons (Fsp3) is 0.385. The number of halogens is 4. The summed E-state index contributed by atoms with van der Waals surface area (Å²) in [4.78, 5) is 22.6. The van der Waals surface area contributed by atoms with E-state index in [1.807, 2.05) is 0 Å². The van der Waals surface area contributed by atoms with Gasteiger partial charge in [-0.2, -0.15) is 13.2 Å². The Kier molecular flexibility index (Phi) is 5.74. The summed E-state index contributed by atoms with van der Waals surface area (Å²) in [7, 11) is 0. The van der Waals surface area contributed by atoms with E-state index in [2.05, 4.69) is 15.9 Å². The van der Waals surface area contributed by atoms with Crippen molar-refractivity contribution in [3.63, 3.8) is 0 Å². The molecule has 0 heterocycles. The van der Waals surface area contributed by atoms with Crippen molar-refractivity contribution in [2.24, 2.45) is 11.8 Å². The lowest BCUT2D eigenvalue weighted by Gasteiger charge is -2.24. The molecule has 0 bridgehead atoms. The molecule has 0 radical (unpaired) electrons. The van der Waals surface area contributed by atoms with Crippen LogP contribution in [0.3, 0.4) is 0 Å². The van der Waals surface area contributed by atoms with Crippen LogP contribution >= 0.6 is 15.9 Å². The second-order valence-corrected chi connectivity index (χ2v) is 4.81. The lowest BCUT2D eigenvalue weighted by atomic mass is 9.84. The minimum Gasteiger partial charge on any atom is -0.481 e. The van der Waals surface area contributed by atoms with Crippen molar-refractivity contribution in [1.29, 1.82) is 0 Å². The predicted molar refractivity (Wildman–Crippen MR) is 69.6 cm³/mol. The third-order valence-corrected chi connectivity index (χ3v) is 3.40. The first-order chi connectivity index (χ1) is 9.27. The fourth-order valence-electron chi connectivity index (χ4n) is 1.93. The van der Waals surface area contributed by atoms with E-state index in [4.69, 9.17) is 5.11 Å². The minimum absolute atomic E-state index is 0.348. The van der Waals surface area contributed by atoms with Gasteiger partial charge in [-0.25, -0.2) is 0 Å². The molecule has 0 aliphatic heterocycles. The van der Waals surface area contributed by atoms with E-state index in [9.17, 15) is 22.8 Å². The van der Waals surface area contributed by atoms with Crippen molar-refractivity contribution >= 4 is 27.7 Å². The average molecular weight is 353 g/mol. The molecular weight excluding hydrogens is 341 g/mol. The maximum absolute atomic E-state index is 13.0. The van der Waals surface area contributed by atoms with Crippen molar-refractivity contribution in [3.05, 3.63) is 35.9 Å². The summed E-state index contributed by atoms with van der Waals surface area (Å²) in [6.07, 6.45) is -5.23. The molecule has 0 saturated heterocycles. The average Bonchev–Trinajstić information content (AvgIpc) is 2.37. The Morgan fingerprint density at radius 3 is 2.15 bits per heavy atom. The summed E-state index contributed by atoms with van der Waals surface area (Å²) in [5.74, 6) is -7.16. The van der Waals surface area contributed by atoms with Gasteiger partial charge in [-0.1, -0.05) is 46.3 Å². The van der Waals surface area contributed by atoms with Gasteiger partial charge in [-0.3, -0.25) is 9.59 Å². The number of ketones is 1. The molecule has 2 atom stereocenters. The van der Waals surface area contributed by atoms with Gasteiger partial charge in [0, 0.05) is 0 Å². The SMILES string of the molecule is O=C(O)C(Cc1ccccc1)C(C(=O)CBr)C(F)(F)F. The number of hydrogen-bond acceptors (Lipinski definition) is 2. The van der Waals surface area contributed by atoms with Gasteiger partial charge in [0.15, 0.2) is 5.78 Å². The highest BCUT2D eigenvalue weighted by molar-refractivity contribution is 9.09. The molecule has 0 fully saturated rings. The van der Waals surface area contributed by atoms with Gasteiger partial charge in [0.2, 0.25) is 0 Å². The zero-order valence-electron chi connectivity index (χ0n) is 10.2. The van der Waals surface area contributed by atoms with Gasteiger partial charge >= 0.3 is 12.1 Å². The summed E-state index contributed by atoms with van der Waals surface area (Å²) in [5.41, 5.74) is 0.441. The smallest absolute Gasteiger partial charge is 0.399 e. The topological polar surface area (TPSA) is 54.4 Å². The van der Waals surface area contributed by atoms with Gasteiger partial charge in [0.1, 0.15) is 5.92 Å². The van der Waals surface area contributed by atoms with Gasteiger partial charge in [0.25, 0.3) is 0 Å². The van der Waals surface area contributed by atoms with E-state index >= 15 is 0 Å². The third-order valence-electron chi connectivity index (χ3n) is 2.85. The zero-order valence-corrected chi connectivity index (χ0v) is 11.8. The molecule has 1 rings (SSSR count). The van der Waals surface area contributed by atoms with Crippen LogP contribution in [0.25, 0.3) is 0 Å². The molecule has 1 N–H and O–H groups in total. The summed E-state index contributed by atoms with van der Waals surface area (Å²) in [6, 6.07) is 7.93. The maximum Gasteiger partial charge on any atom is 0.399 e. The lowest BCUT2D eigenvalue weighted by Crippen LogP contribution is -2.42. The molecule has 20 heavy (non-hydrogen) atoms. The number of aliphatic carboxylic acids is 1. The van der Waals surface area contributed by atoms with Crippen LogP contribution in [0.1, 0.15) is 5.56 Å². The second-order valence-electron chi connectivity index (χ2n) is 4.25. The molecule has 0 saturated carbocycles. The molecule has 0 amide bonds. The van der Waals surface area contributed by atoms with E-state index in [-0.39, 0.29) is 6.42 Å². The number of carbonyl (C=O) groups is 2. The Balaban J connectivity index is 3.09. The standard InChI is InChI=1S/C13H12BrF3O3/c14-7-10(18)11(13(15,16)17)9(12(19)20)6-8-4-2-1-3-5-8/h1-5,9,11H,6-7H2,(H,19,20). The summed E-state index contributed by atoms with van der Waals surface area (Å²) < 4.78 is 38.9. The fourth-order valence-corrected chi connectivity index (χ4v) is 2.28. The van der Waals surface area contributed by atoms with Crippen molar-refractivity contribution in [2.45, 2.75) is 12.6 Å². The van der Waals surface area contributed by atoms with E-state index in [0.717, 1.165) is 0 Å². The summed E-state index contributed by atoms with van der Waals surface area (Å²) >= 11 is 2.67. The zero-order chi connectivity index (χ0) is 15.3. The predicted octanol–water partition coefficient (Wildman–Crippen LogP) is 3.07. The van der Waals surface area contributed by atoms with Crippen LogP contribution in [-0.2, 0) is 16.0 Å². The van der Waals surface area contributed by atoms with E-state index < -0.39 is 35.1 Å². The number of hydrogen-bond donors (Lipinski definition) is 1.